The van der Waals surface area contributed by atoms with Crippen molar-refractivity contribution in [2.45, 2.75) is 6.54 Å². The van der Waals surface area contributed by atoms with Crippen molar-refractivity contribution < 1.29 is 0 Å². The molecule has 0 bridgehead atoms. The van der Waals surface area contributed by atoms with Crippen LogP contribution in [-0.4, -0.2) is 4.98 Å². The lowest BCUT2D eigenvalue weighted by Crippen LogP contribution is -2.02. The van der Waals surface area contributed by atoms with Gasteiger partial charge in [0.2, 0.25) is 0 Å². The van der Waals surface area contributed by atoms with E-state index in [1.54, 1.807) is 18.5 Å². The fraction of sp³-hybridized carbons (Fsp3) is 0.0769. The Kier molecular flexibility index (Phi) is 3.22. The topological polar surface area (TPSA) is 74.7 Å². The smallest absolute Gasteiger partial charge is 0.101 e. The van der Waals surface area contributed by atoms with Crippen molar-refractivity contribution in [3.8, 4) is 6.07 Å². The van der Waals surface area contributed by atoms with Crippen LogP contribution in [0.25, 0.3) is 0 Å². The molecule has 1 heterocycles. The molecular formula is C13H12N4. The third-order valence-corrected chi connectivity index (χ3v) is 2.38. The first-order valence-corrected chi connectivity index (χ1v) is 5.22. The van der Waals surface area contributed by atoms with E-state index in [1.165, 1.54) is 0 Å². The van der Waals surface area contributed by atoms with Crippen LogP contribution < -0.4 is 11.1 Å². The summed E-state index contributed by atoms with van der Waals surface area (Å²) in [7, 11) is 0. The molecule has 1 aromatic carbocycles. The molecule has 2 rings (SSSR count). The van der Waals surface area contributed by atoms with Crippen LogP contribution in [0.3, 0.4) is 0 Å². The number of hydrogen-bond acceptors (Lipinski definition) is 4. The van der Waals surface area contributed by atoms with Gasteiger partial charge < -0.3 is 11.1 Å². The van der Waals surface area contributed by atoms with Gasteiger partial charge in [-0.25, -0.2) is 0 Å². The van der Waals surface area contributed by atoms with E-state index in [4.69, 9.17) is 11.0 Å². The van der Waals surface area contributed by atoms with Crippen LogP contribution in [0.5, 0.6) is 0 Å². The molecule has 17 heavy (non-hydrogen) atoms. The molecule has 0 aliphatic heterocycles. The van der Waals surface area contributed by atoms with Gasteiger partial charge in [-0.2, -0.15) is 5.26 Å². The maximum absolute atomic E-state index is 8.92. The van der Waals surface area contributed by atoms with Crippen molar-refractivity contribution in [2.75, 3.05) is 11.1 Å². The van der Waals surface area contributed by atoms with Gasteiger partial charge >= 0.3 is 0 Å². The van der Waals surface area contributed by atoms with E-state index in [0.29, 0.717) is 12.1 Å². The summed E-state index contributed by atoms with van der Waals surface area (Å²) in [6.45, 7) is 0.616. The van der Waals surface area contributed by atoms with Gasteiger partial charge in [0, 0.05) is 18.4 Å². The average molecular weight is 224 g/mol. The van der Waals surface area contributed by atoms with E-state index in [2.05, 4.69) is 16.4 Å². The number of nitriles is 1. The summed E-state index contributed by atoms with van der Waals surface area (Å²) < 4.78 is 0. The van der Waals surface area contributed by atoms with E-state index in [0.717, 1.165) is 16.9 Å². The molecule has 0 aliphatic carbocycles. The van der Waals surface area contributed by atoms with Crippen LogP contribution in [0.15, 0.2) is 42.7 Å². The third kappa shape index (κ3) is 2.73. The Morgan fingerprint density at radius 3 is 3.00 bits per heavy atom. The first-order chi connectivity index (χ1) is 8.29. The van der Waals surface area contributed by atoms with Gasteiger partial charge in [-0.05, 0) is 23.8 Å². The van der Waals surface area contributed by atoms with E-state index >= 15 is 0 Å². The third-order valence-electron chi connectivity index (χ3n) is 2.38. The summed E-state index contributed by atoms with van der Waals surface area (Å²) in [6.07, 6.45) is 3.25. The fourth-order valence-corrected chi connectivity index (χ4v) is 1.53. The second-order valence-corrected chi connectivity index (χ2v) is 3.63. The predicted molar refractivity (Wildman–Crippen MR) is 67.1 cm³/mol. The Labute approximate surface area is 99.7 Å². The van der Waals surface area contributed by atoms with Crippen molar-refractivity contribution in [3.63, 3.8) is 0 Å². The van der Waals surface area contributed by atoms with Crippen LogP contribution >= 0.6 is 0 Å². The van der Waals surface area contributed by atoms with Crippen molar-refractivity contribution in [1.29, 1.82) is 5.26 Å². The van der Waals surface area contributed by atoms with Crippen LogP contribution in [0.4, 0.5) is 11.4 Å². The van der Waals surface area contributed by atoms with Crippen molar-refractivity contribution in [3.05, 3.63) is 53.9 Å². The Hall–Kier alpha value is -2.54. The molecule has 0 atom stereocenters. The van der Waals surface area contributed by atoms with Crippen molar-refractivity contribution in [1.82, 2.24) is 4.98 Å². The normalized spacial score (nSPS) is 9.59. The molecule has 2 aromatic rings. The second kappa shape index (κ2) is 4.99. The summed E-state index contributed by atoms with van der Waals surface area (Å²) in [6, 6.07) is 11.4. The number of nitrogens with one attached hydrogen (secondary N) is 1. The number of hydrogen-bond donors (Lipinski definition) is 2. The van der Waals surface area contributed by atoms with Gasteiger partial charge in [-0.1, -0.05) is 12.1 Å². The molecule has 1 aromatic heterocycles. The van der Waals surface area contributed by atoms with Gasteiger partial charge in [0.1, 0.15) is 6.07 Å². The highest BCUT2D eigenvalue weighted by atomic mass is 14.9. The first-order valence-electron chi connectivity index (χ1n) is 5.22. The predicted octanol–water partition coefficient (Wildman–Crippen LogP) is 2.15. The van der Waals surface area contributed by atoms with Crippen LogP contribution in [0.2, 0.25) is 0 Å². The van der Waals surface area contributed by atoms with Crippen molar-refractivity contribution >= 4 is 11.4 Å². The molecular weight excluding hydrogens is 212 g/mol. The summed E-state index contributed by atoms with van der Waals surface area (Å²) in [5, 5.41) is 12.1. The molecule has 0 aliphatic rings. The minimum absolute atomic E-state index is 0.587. The number of aromatic nitrogens is 1. The maximum atomic E-state index is 8.92. The number of pyridine rings is 1. The number of nitrogens with two attached hydrogens (primary N) is 1. The Morgan fingerprint density at radius 1 is 1.35 bits per heavy atom. The lowest BCUT2D eigenvalue weighted by Gasteiger charge is -2.07. The van der Waals surface area contributed by atoms with Crippen LogP contribution in [0, 0.1) is 11.3 Å². The van der Waals surface area contributed by atoms with E-state index in [-0.39, 0.29) is 0 Å². The molecule has 84 valence electrons. The summed E-state index contributed by atoms with van der Waals surface area (Å²) >= 11 is 0. The highest BCUT2D eigenvalue weighted by Gasteiger charge is 2.00. The van der Waals surface area contributed by atoms with E-state index in [9.17, 15) is 0 Å². The molecule has 0 unspecified atom stereocenters. The summed E-state index contributed by atoms with van der Waals surface area (Å²) in [4.78, 5) is 3.98. The monoisotopic (exact) mass is 224 g/mol. The zero-order valence-corrected chi connectivity index (χ0v) is 9.22. The average Bonchev–Trinajstić information content (AvgIpc) is 2.37. The van der Waals surface area contributed by atoms with Gasteiger partial charge in [0.15, 0.2) is 0 Å². The number of nitrogens with zero attached hydrogens (tertiary/aromatic N) is 2. The highest BCUT2D eigenvalue weighted by molar-refractivity contribution is 5.55. The molecule has 0 amide bonds. The molecule has 3 N–H and O–H groups in total. The molecule has 0 spiro atoms. The first kappa shape index (κ1) is 11.0. The number of benzene rings is 1. The quantitative estimate of drug-likeness (QED) is 0.783. The molecule has 0 fully saturated rings. The standard InChI is InChI=1S/C13H12N4/c14-7-11-4-5-16-9-13(11)17-8-10-2-1-3-12(15)6-10/h1-6,9,17H,8,15H2. The largest absolute Gasteiger partial charge is 0.399 e. The molecule has 0 saturated heterocycles. The Balaban J connectivity index is 2.10. The zero-order chi connectivity index (χ0) is 12.1. The fourth-order valence-electron chi connectivity index (χ4n) is 1.53. The lowest BCUT2D eigenvalue weighted by atomic mass is 10.2. The molecule has 4 nitrogen and oxygen atoms in total. The second-order valence-electron chi connectivity index (χ2n) is 3.63. The minimum atomic E-state index is 0.587. The molecule has 4 heteroatoms. The summed E-state index contributed by atoms with van der Waals surface area (Å²) in [5.41, 5.74) is 8.81. The van der Waals surface area contributed by atoms with E-state index in [1.807, 2.05) is 24.3 Å². The summed E-state index contributed by atoms with van der Waals surface area (Å²) in [5.74, 6) is 0. The molecule has 0 radical (unpaired) electrons. The number of anilines is 2. The van der Waals surface area contributed by atoms with Gasteiger partial charge in [-0.3, -0.25) is 4.98 Å². The lowest BCUT2D eigenvalue weighted by molar-refractivity contribution is 1.13. The van der Waals surface area contributed by atoms with Gasteiger partial charge in [-0.15, -0.1) is 0 Å². The van der Waals surface area contributed by atoms with Crippen LogP contribution in [0.1, 0.15) is 11.1 Å². The highest BCUT2D eigenvalue weighted by Crippen LogP contribution is 2.14. The maximum Gasteiger partial charge on any atom is 0.101 e. The Bertz CT molecular complexity index is 557. The zero-order valence-electron chi connectivity index (χ0n) is 9.22. The van der Waals surface area contributed by atoms with Gasteiger partial charge in [0.05, 0.1) is 17.4 Å². The minimum Gasteiger partial charge on any atom is -0.399 e. The Morgan fingerprint density at radius 2 is 2.24 bits per heavy atom. The molecule has 0 saturated carbocycles. The number of nitrogen functional groups attached to an aromatic ring is 1. The van der Waals surface area contributed by atoms with Gasteiger partial charge in [0.25, 0.3) is 0 Å². The van der Waals surface area contributed by atoms with E-state index < -0.39 is 0 Å². The van der Waals surface area contributed by atoms with Crippen molar-refractivity contribution in [2.24, 2.45) is 0 Å². The SMILES string of the molecule is N#Cc1ccncc1NCc1cccc(N)c1. The van der Waals surface area contributed by atoms with Crippen LogP contribution in [-0.2, 0) is 6.54 Å². The number of rotatable bonds is 3.